The molecule has 8 nitrogen and oxygen atoms in total. The Bertz CT molecular complexity index is 1270. The predicted octanol–water partition coefficient (Wildman–Crippen LogP) is 13.8. The molecule has 0 heterocycles. The van der Waals surface area contributed by atoms with Gasteiger partial charge >= 0.3 is 11.9 Å². The van der Waals surface area contributed by atoms with Gasteiger partial charge in [-0.2, -0.15) is 0 Å². The zero-order chi connectivity index (χ0) is 47.0. The number of ether oxygens (including phenoxy) is 3. The first-order valence-corrected chi connectivity index (χ1v) is 26.0. The highest BCUT2D eigenvalue weighted by Crippen LogP contribution is 2.15. The predicted molar refractivity (Wildman–Crippen MR) is 268 cm³/mol. The number of unbranched alkanes of at least 4 members (excludes halogenated alkanes) is 21. The number of hydrogen-bond acceptors (Lipinski definition) is 7. The zero-order valence-corrected chi connectivity index (χ0v) is 41.9. The van der Waals surface area contributed by atoms with Crippen LogP contribution in [0.1, 0.15) is 213 Å². The first-order chi connectivity index (χ1) is 31.1. The molecule has 0 bridgehead atoms. The Morgan fingerprint density at radius 1 is 0.500 bits per heavy atom. The number of carbonyl (C=O) groups excluding carboxylic acids is 3. The van der Waals surface area contributed by atoms with Crippen LogP contribution in [0.2, 0.25) is 0 Å². The third kappa shape index (κ3) is 44.0. The van der Waals surface area contributed by atoms with Crippen LogP contribution in [0.3, 0.4) is 0 Å². The first-order valence-electron chi connectivity index (χ1n) is 26.0. The van der Waals surface area contributed by atoms with E-state index in [2.05, 4.69) is 86.8 Å². The Kier molecular flexibility index (Phi) is 44.0. The maximum atomic E-state index is 12.8. The molecule has 64 heavy (non-hydrogen) atoms. The molecule has 2 atom stereocenters. The number of hydrogen-bond donors (Lipinski definition) is 0. The quantitative estimate of drug-likeness (QED) is 0.0197. The summed E-state index contributed by atoms with van der Waals surface area (Å²) in [4.78, 5) is 37.1. The van der Waals surface area contributed by atoms with Crippen LogP contribution < -0.4 is 5.11 Å². The van der Waals surface area contributed by atoms with Gasteiger partial charge in [-0.05, 0) is 77.0 Å². The van der Waals surface area contributed by atoms with E-state index in [1.165, 1.54) is 109 Å². The minimum absolute atomic E-state index is 0.0332. The molecule has 0 aliphatic heterocycles. The van der Waals surface area contributed by atoms with Crippen molar-refractivity contribution in [3.8, 4) is 0 Å². The fourth-order valence-electron chi connectivity index (χ4n) is 7.35. The summed E-state index contributed by atoms with van der Waals surface area (Å²) in [6.45, 7) is 4.53. The summed E-state index contributed by atoms with van der Waals surface area (Å²) in [7, 11) is 5.41. The molecule has 0 aromatic carbocycles. The Hall–Kier alpha value is -3.23. The van der Waals surface area contributed by atoms with Gasteiger partial charge in [0.2, 0.25) is 0 Å². The molecule has 0 amide bonds. The van der Waals surface area contributed by atoms with Crippen molar-refractivity contribution in [1.29, 1.82) is 0 Å². The second-order valence-corrected chi connectivity index (χ2v) is 18.4. The van der Waals surface area contributed by atoms with E-state index in [1.54, 1.807) is 21.1 Å². The number of carboxylic acid groups (broad SMARTS) is 1. The van der Waals surface area contributed by atoms with Crippen LogP contribution in [-0.2, 0) is 28.6 Å². The van der Waals surface area contributed by atoms with Gasteiger partial charge in [-0.3, -0.25) is 9.59 Å². The van der Waals surface area contributed by atoms with Crippen LogP contribution in [0.15, 0.2) is 72.9 Å². The highest BCUT2D eigenvalue weighted by atomic mass is 16.6. The second kappa shape index (κ2) is 46.3. The molecule has 0 aromatic rings. The Labute approximate surface area is 393 Å². The smallest absolute Gasteiger partial charge is 0.306 e. The summed E-state index contributed by atoms with van der Waals surface area (Å²) in [5, 5.41) is 11.7. The van der Waals surface area contributed by atoms with E-state index >= 15 is 0 Å². The third-order valence-corrected chi connectivity index (χ3v) is 11.4. The number of carbonyl (C=O) groups is 3. The SMILES string of the molecule is CC/C=C/C/C=C/C/C=C/C/C=C/CCCCCCCCCC(=O)OCC(COCCC(C(=O)[O-])[N+](C)(C)C)OC(=O)CCCCCCCCCCCC/C=C/C=C/CCCCCC. The van der Waals surface area contributed by atoms with Crippen molar-refractivity contribution >= 4 is 17.9 Å². The Morgan fingerprint density at radius 2 is 0.922 bits per heavy atom. The van der Waals surface area contributed by atoms with Gasteiger partial charge in [-0.15, -0.1) is 0 Å². The van der Waals surface area contributed by atoms with E-state index in [9.17, 15) is 19.5 Å². The number of quaternary nitrogens is 1. The normalized spacial score (nSPS) is 13.5. The Morgan fingerprint density at radius 3 is 1.39 bits per heavy atom. The van der Waals surface area contributed by atoms with Gasteiger partial charge < -0.3 is 28.6 Å². The molecule has 0 aromatic heterocycles. The minimum atomic E-state index is -1.13. The fraction of sp³-hybridized carbons (Fsp3) is 0.732. The number of aliphatic carboxylic acids is 1. The summed E-state index contributed by atoms with van der Waals surface area (Å²) in [6, 6.07) is -0.732. The van der Waals surface area contributed by atoms with Crippen LogP contribution in [0.25, 0.3) is 0 Å². The van der Waals surface area contributed by atoms with Crippen LogP contribution in [0, 0.1) is 0 Å². The number of carboxylic acids is 1. The van der Waals surface area contributed by atoms with Gasteiger partial charge in [0.15, 0.2) is 6.10 Å². The lowest BCUT2D eigenvalue weighted by Crippen LogP contribution is -2.55. The van der Waals surface area contributed by atoms with Crippen molar-refractivity contribution in [2.75, 3.05) is 41.0 Å². The monoisotopic (exact) mass is 896 g/mol. The molecule has 8 heteroatoms. The molecule has 0 saturated carbocycles. The van der Waals surface area contributed by atoms with E-state index in [-0.39, 0.29) is 42.7 Å². The summed E-state index contributed by atoms with van der Waals surface area (Å²) in [5.74, 6) is -1.75. The average molecular weight is 896 g/mol. The molecule has 0 N–H and O–H groups in total. The molecule has 0 fully saturated rings. The topological polar surface area (TPSA) is 102 Å². The van der Waals surface area contributed by atoms with Gasteiger partial charge in [0.25, 0.3) is 0 Å². The number of nitrogens with zero attached hydrogens (tertiary/aromatic N) is 1. The summed E-state index contributed by atoms with van der Waals surface area (Å²) in [5.41, 5.74) is 0. The molecule has 0 rings (SSSR count). The van der Waals surface area contributed by atoms with Gasteiger partial charge in [0.1, 0.15) is 12.6 Å². The van der Waals surface area contributed by atoms with Crippen molar-refractivity contribution in [2.45, 2.75) is 225 Å². The molecule has 0 spiro atoms. The number of rotatable bonds is 46. The van der Waals surface area contributed by atoms with Gasteiger partial charge in [0, 0.05) is 19.3 Å². The molecule has 0 radical (unpaired) electrons. The van der Waals surface area contributed by atoms with E-state index in [0.717, 1.165) is 70.6 Å². The number of allylic oxidation sites excluding steroid dienone is 12. The fourth-order valence-corrected chi connectivity index (χ4v) is 7.35. The maximum absolute atomic E-state index is 12.8. The van der Waals surface area contributed by atoms with Crippen LogP contribution in [0.5, 0.6) is 0 Å². The van der Waals surface area contributed by atoms with Crippen molar-refractivity contribution in [3.05, 3.63) is 72.9 Å². The van der Waals surface area contributed by atoms with Crippen molar-refractivity contribution in [1.82, 2.24) is 0 Å². The van der Waals surface area contributed by atoms with E-state index in [1.807, 2.05) is 0 Å². The molecule has 368 valence electrons. The van der Waals surface area contributed by atoms with Gasteiger partial charge in [0.05, 0.1) is 40.3 Å². The number of likely N-dealkylation sites (N-methyl/N-ethyl adjacent to an activating group) is 1. The lowest BCUT2D eigenvalue weighted by atomic mass is 10.1. The van der Waals surface area contributed by atoms with Crippen LogP contribution in [-0.4, -0.2) is 75.5 Å². The van der Waals surface area contributed by atoms with Gasteiger partial charge in [-0.1, -0.05) is 189 Å². The van der Waals surface area contributed by atoms with Crippen molar-refractivity contribution in [3.63, 3.8) is 0 Å². The van der Waals surface area contributed by atoms with E-state index in [0.29, 0.717) is 12.8 Å². The third-order valence-electron chi connectivity index (χ3n) is 11.4. The molecular formula is C56H97NO7. The summed E-state index contributed by atoms with van der Waals surface area (Å²) >= 11 is 0. The lowest BCUT2D eigenvalue weighted by molar-refractivity contribution is -0.889. The van der Waals surface area contributed by atoms with Crippen LogP contribution >= 0.6 is 0 Å². The maximum Gasteiger partial charge on any atom is 0.306 e. The van der Waals surface area contributed by atoms with Crippen molar-refractivity contribution in [2.24, 2.45) is 0 Å². The van der Waals surface area contributed by atoms with E-state index < -0.39 is 18.1 Å². The van der Waals surface area contributed by atoms with Crippen LogP contribution in [0.4, 0.5) is 0 Å². The second-order valence-electron chi connectivity index (χ2n) is 18.4. The average Bonchev–Trinajstić information content (AvgIpc) is 3.26. The van der Waals surface area contributed by atoms with E-state index in [4.69, 9.17) is 14.2 Å². The minimum Gasteiger partial charge on any atom is -0.544 e. The highest BCUT2D eigenvalue weighted by molar-refractivity contribution is 5.70. The highest BCUT2D eigenvalue weighted by Gasteiger charge is 2.25. The molecule has 0 aliphatic rings. The van der Waals surface area contributed by atoms with Crippen molar-refractivity contribution < 1.29 is 38.2 Å². The molecule has 0 aliphatic carbocycles. The number of esters is 2. The Balaban J connectivity index is 4.27. The first kappa shape index (κ1) is 60.8. The summed E-state index contributed by atoms with van der Waals surface area (Å²) in [6.07, 6.45) is 59.2. The standard InChI is InChI=1S/C56H97NO7/c1-6-8-10-12-14-16-18-20-22-24-26-28-30-32-34-36-38-40-42-44-46-54(58)63-51-52(50-62-49-48-53(56(60)61)57(3,4)5)64-55(59)47-45-43-41-39-37-35-33-31-29-27-25-23-21-19-17-15-13-11-9-7-2/h8,10,14,16-17,19-23,26,28,52-53H,6-7,9,11-13,15,18,24-25,27,29-51H2,1-5H3/b10-8+,16-14+,19-17+,22-20+,23-21+,28-26+. The molecule has 2 unspecified atom stereocenters. The van der Waals surface area contributed by atoms with Gasteiger partial charge in [-0.25, -0.2) is 0 Å². The zero-order valence-electron chi connectivity index (χ0n) is 41.9. The summed E-state index contributed by atoms with van der Waals surface area (Å²) < 4.78 is 17.2. The molecular weight excluding hydrogens is 799 g/mol. The molecule has 0 saturated heterocycles. The lowest BCUT2D eigenvalue weighted by Gasteiger charge is -2.34. The largest absolute Gasteiger partial charge is 0.544 e.